The molecule has 0 aromatic heterocycles. The molecule has 2 N–H and O–H groups in total. The maximum Gasteiger partial charge on any atom is 0.337 e. The highest BCUT2D eigenvalue weighted by Crippen LogP contribution is 2.49. The van der Waals surface area contributed by atoms with Crippen LogP contribution in [0.25, 0.3) is 0 Å². The van der Waals surface area contributed by atoms with Crippen LogP contribution in [0, 0.1) is 0 Å². The summed E-state index contributed by atoms with van der Waals surface area (Å²) >= 11 is 3.85. The van der Waals surface area contributed by atoms with E-state index in [9.17, 15) is 15.0 Å². The standard InChI is InChI=1S/C21H28O5S2/c1-20(2)25-18(13-19(24)26-20)12-17(23)14-21(27-10-3-11-28-21)9-8-15-4-6-16(22)7-5-15/h4-7,13,17,22-23H,3,8-12,14H2,1-2H3. The number of thioether (sulfide) groups is 2. The molecule has 1 saturated heterocycles. The van der Waals surface area contributed by atoms with Gasteiger partial charge in [-0.05, 0) is 54.9 Å². The van der Waals surface area contributed by atoms with Gasteiger partial charge in [0.25, 0.3) is 0 Å². The van der Waals surface area contributed by atoms with E-state index >= 15 is 0 Å². The molecule has 1 fully saturated rings. The molecule has 2 heterocycles. The lowest BCUT2D eigenvalue weighted by atomic mass is 10.0. The van der Waals surface area contributed by atoms with Gasteiger partial charge < -0.3 is 19.7 Å². The molecule has 0 spiro atoms. The van der Waals surface area contributed by atoms with Gasteiger partial charge in [-0.1, -0.05) is 12.1 Å². The second-order valence-corrected chi connectivity index (χ2v) is 10.9. The first-order valence-corrected chi connectivity index (χ1v) is 11.6. The fourth-order valence-electron chi connectivity index (χ4n) is 3.51. The van der Waals surface area contributed by atoms with Crippen LogP contribution in [0.5, 0.6) is 5.75 Å². The number of aryl methyl sites for hydroxylation is 1. The summed E-state index contributed by atoms with van der Waals surface area (Å²) in [7, 11) is 0. The van der Waals surface area contributed by atoms with Crippen molar-refractivity contribution < 1.29 is 24.5 Å². The number of hydrogen-bond donors (Lipinski definition) is 2. The summed E-state index contributed by atoms with van der Waals surface area (Å²) in [6.45, 7) is 3.38. The highest BCUT2D eigenvalue weighted by molar-refractivity contribution is 8.18. The summed E-state index contributed by atoms with van der Waals surface area (Å²) in [5, 5.41) is 20.2. The highest BCUT2D eigenvalue weighted by atomic mass is 32.2. The fourth-order valence-corrected chi connectivity index (χ4v) is 6.96. The minimum atomic E-state index is -0.994. The van der Waals surface area contributed by atoms with Gasteiger partial charge >= 0.3 is 5.97 Å². The number of carbonyl (C=O) groups is 1. The van der Waals surface area contributed by atoms with Crippen molar-refractivity contribution in [2.45, 2.75) is 61.9 Å². The Labute approximate surface area is 174 Å². The molecule has 3 rings (SSSR count). The van der Waals surface area contributed by atoms with Crippen molar-refractivity contribution in [2.24, 2.45) is 0 Å². The average molecular weight is 425 g/mol. The molecule has 0 aliphatic carbocycles. The van der Waals surface area contributed by atoms with Gasteiger partial charge in [0, 0.05) is 20.3 Å². The van der Waals surface area contributed by atoms with Gasteiger partial charge in [0.05, 0.1) is 16.3 Å². The van der Waals surface area contributed by atoms with Crippen LogP contribution < -0.4 is 0 Å². The van der Waals surface area contributed by atoms with E-state index in [4.69, 9.17) is 9.47 Å². The number of phenolic OH excluding ortho intramolecular Hbond substituents is 1. The number of esters is 1. The van der Waals surface area contributed by atoms with E-state index in [0.29, 0.717) is 18.6 Å². The predicted octanol–water partition coefficient (Wildman–Crippen LogP) is 4.23. The molecular weight excluding hydrogens is 396 g/mol. The number of carbonyl (C=O) groups excluding carboxylic acids is 1. The molecule has 1 aromatic rings. The lowest BCUT2D eigenvalue weighted by Gasteiger charge is -2.38. The van der Waals surface area contributed by atoms with Gasteiger partial charge in [-0.15, -0.1) is 23.5 Å². The summed E-state index contributed by atoms with van der Waals surface area (Å²) in [5.41, 5.74) is 1.18. The van der Waals surface area contributed by atoms with E-state index in [1.54, 1.807) is 26.0 Å². The molecule has 2 aliphatic rings. The van der Waals surface area contributed by atoms with Gasteiger partial charge in [-0.3, -0.25) is 0 Å². The summed E-state index contributed by atoms with van der Waals surface area (Å²) in [6.07, 6.45) is 4.70. The Balaban J connectivity index is 1.62. The van der Waals surface area contributed by atoms with Gasteiger partial charge in [0.2, 0.25) is 5.79 Å². The van der Waals surface area contributed by atoms with Gasteiger partial charge in [-0.25, -0.2) is 4.79 Å². The van der Waals surface area contributed by atoms with Crippen LogP contribution in [0.1, 0.15) is 45.1 Å². The SMILES string of the molecule is CC1(C)OC(=O)C=C(CC(O)CC2(CCc3ccc(O)cc3)SCCCS2)O1. The maximum atomic E-state index is 11.7. The van der Waals surface area contributed by atoms with Crippen molar-refractivity contribution in [3.8, 4) is 5.75 Å². The molecule has 28 heavy (non-hydrogen) atoms. The molecule has 0 bridgehead atoms. The van der Waals surface area contributed by atoms with E-state index < -0.39 is 17.9 Å². The second kappa shape index (κ2) is 9.01. The molecule has 1 unspecified atom stereocenters. The van der Waals surface area contributed by atoms with Crippen LogP contribution in [0.2, 0.25) is 0 Å². The van der Waals surface area contributed by atoms with Gasteiger partial charge in [-0.2, -0.15) is 0 Å². The van der Waals surface area contributed by atoms with Crippen molar-refractivity contribution in [3.63, 3.8) is 0 Å². The third kappa shape index (κ3) is 6.09. The van der Waals surface area contributed by atoms with Crippen molar-refractivity contribution in [3.05, 3.63) is 41.7 Å². The first-order valence-electron chi connectivity index (χ1n) is 9.62. The molecule has 7 heteroatoms. The number of benzene rings is 1. The Morgan fingerprint density at radius 1 is 1.14 bits per heavy atom. The normalized spacial score (nSPS) is 22.0. The van der Waals surface area contributed by atoms with E-state index in [1.165, 1.54) is 18.1 Å². The van der Waals surface area contributed by atoms with E-state index in [2.05, 4.69) is 0 Å². The molecule has 5 nitrogen and oxygen atoms in total. The number of aliphatic hydroxyl groups excluding tert-OH is 1. The summed E-state index contributed by atoms with van der Waals surface area (Å²) < 4.78 is 10.7. The molecular formula is C21H28O5S2. The average Bonchev–Trinajstić information content (AvgIpc) is 2.60. The first kappa shape index (κ1) is 21.4. The Morgan fingerprint density at radius 2 is 1.82 bits per heavy atom. The van der Waals surface area contributed by atoms with Gasteiger partial charge in [0.1, 0.15) is 11.5 Å². The largest absolute Gasteiger partial charge is 0.508 e. The number of ether oxygens (including phenoxy) is 2. The van der Waals surface area contributed by atoms with Crippen LogP contribution in [0.3, 0.4) is 0 Å². The maximum absolute atomic E-state index is 11.7. The minimum absolute atomic E-state index is 0.0548. The van der Waals surface area contributed by atoms with Crippen LogP contribution in [0.4, 0.5) is 0 Å². The number of aliphatic hydroxyl groups is 1. The van der Waals surface area contributed by atoms with Crippen LogP contribution in [0.15, 0.2) is 36.1 Å². The number of aromatic hydroxyl groups is 1. The molecule has 0 radical (unpaired) electrons. The lowest BCUT2D eigenvalue weighted by Crippen LogP contribution is -2.36. The molecule has 1 atom stereocenters. The van der Waals surface area contributed by atoms with Crippen molar-refractivity contribution in [2.75, 3.05) is 11.5 Å². The summed E-state index contributed by atoms with van der Waals surface area (Å²) in [6, 6.07) is 7.33. The quantitative estimate of drug-likeness (QED) is 0.635. The lowest BCUT2D eigenvalue weighted by molar-refractivity contribution is -0.206. The molecule has 2 aliphatic heterocycles. The Hall–Kier alpha value is -1.31. The Bertz CT molecular complexity index is 708. The van der Waals surface area contributed by atoms with E-state index in [-0.39, 0.29) is 9.83 Å². The number of phenols is 1. The zero-order valence-electron chi connectivity index (χ0n) is 16.3. The Kier molecular flexibility index (Phi) is 6.89. The first-order chi connectivity index (χ1) is 13.3. The number of hydrogen-bond acceptors (Lipinski definition) is 7. The Morgan fingerprint density at radius 3 is 2.46 bits per heavy atom. The minimum Gasteiger partial charge on any atom is -0.508 e. The number of cyclic esters (lactones) is 1. The molecule has 1 aromatic carbocycles. The monoisotopic (exact) mass is 424 g/mol. The molecule has 154 valence electrons. The summed E-state index contributed by atoms with van der Waals surface area (Å²) in [5.74, 6) is 1.51. The van der Waals surface area contributed by atoms with Crippen LogP contribution in [-0.2, 0) is 20.7 Å². The summed E-state index contributed by atoms with van der Waals surface area (Å²) in [4.78, 5) is 11.7. The van der Waals surface area contributed by atoms with Crippen molar-refractivity contribution in [1.29, 1.82) is 0 Å². The highest BCUT2D eigenvalue weighted by Gasteiger charge is 2.37. The van der Waals surface area contributed by atoms with Crippen molar-refractivity contribution in [1.82, 2.24) is 0 Å². The number of rotatable bonds is 7. The molecule has 0 amide bonds. The predicted molar refractivity (Wildman–Crippen MR) is 113 cm³/mol. The van der Waals surface area contributed by atoms with E-state index in [1.807, 2.05) is 35.7 Å². The zero-order chi connectivity index (χ0) is 20.2. The van der Waals surface area contributed by atoms with Gasteiger partial charge in [0.15, 0.2) is 0 Å². The second-order valence-electron chi connectivity index (χ2n) is 7.72. The third-order valence-corrected chi connectivity index (χ3v) is 8.22. The molecule has 0 saturated carbocycles. The third-order valence-electron chi connectivity index (χ3n) is 4.74. The van der Waals surface area contributed by atoms with Crippen LogP contribution in [-0.4, -0.2) is 43.7 Å². The van der Waals surface area contributed by atoms with Crippen molar-refractivity contribution >= 4 is 29.5 Å². The topological polar surface area (TPSA) is 76.0 Å². The smallest absolute Gasteiger partial charge is 0.337 e. The fraction of sp³-hybridized carbons (Fsp3) is 0.571. The zero-order valence-corrected chi connectivity index (χ0v) is 18.0. The van der Waals surface area contributed by atoms with E-state index in [0.717, 1.165) is 24.3 Å². The van der Waals surface area contributed by atoms with Crippen LogP contribution >= 0.6 is 23.5 Å².